The van der Waals surface area contributed by atoms with E-state index in [0.29, 0.717) is 6.54 Å². The summed E-state index contributed by atoms with van der Waals surface area (Å²) in [5.74, 6) is 1.05. The van der Waals surface area contributed by atoms with Crippen LogP contribution in [-0.2, 0) is 4.79 Å². The minimum absolute atomic E-state index is 0.264. The topological polar surface area (TPSA) is 23.6 Å². The lowest BCUT2D eigenvalue weighted by molar-refractivity contribution is -0.118. The molecule has 0 aliphatic carbocycles. The molecular weight excluding hydrogens is 176 g/mol. The average Bonchev–Trinajstić information content (AvgIpc) is 2.07. The number of rotatable bonds is 4. The first kappa shape index (κ1) is 11.7. The van der Waals surface area contributed by atoms with Gasteiger partial charge in [-0.3, -0.25) is 9.69 Å². The van der Waals surface area contributed by atoms with Gasteiger partial charge in [-0.1, -0.05) is 0 Å². The van der Waals surface area contributed by atoms with Crippen molar-refractivity contribution < 1.29 is 4.79 Å². The second kappa shape index (κ2) is 5.47. The van der Waals surface area contributed by atoms with E-state index in [-0.39, 0.29) is 5.78 Å². The van der Waals surface area contributed by atoms with Crippen LogP contribution in [0.1, 0.15) is 19.8 Å². The maximum Gasteiger partial charge on any atom is 0.143 e. The second-order valence-corrected chi connectivity index (χ2v) is 4.65. The summed E-state index contributed by atoms with van der Waals surface area (Å²) < 4.78 is 0. The fourth-order valence-corrected chi connectivity index (χ4v) is 2.13. The van der Waals surface area contributed by atoms with Crippen LogP contribution >= 0.6 is 0 Å². The second-order valence-electron chi connectivity index (χ2n) is 4.65. The Labute approximate surface area is 87.1 Å². The number of likely N-dealkylation sites (tertiary alicyclic amines) is 1. The first-order valence-corrected chi connectivity index (χ1v) is 5.44. The normalized spacial score (nSPS) is 20.3. The van der Waals surface area contributed by atoms with E-state index in [2.05, 4.69) is 16.8 Å². The summed E-state index contributed by atoms with van der Waals surface area (Å²) in [5, 5.41) is 0. The molecule has 82 valence electrons. The minimum atomic E-state index is 0.264. The van der Waals surface area contributed by atoms with Crippen LogP contribution in [0.5, 0.6) is 0 Å². The van der Waals surface area contributed by atoms with Gasteiger partial charge in [0.25, 0.3) is 0 Å². The van der Waals surface area contributed by atoms with Crippen molar-refractivity contribution in [3.05, 3.63) is 0 Å². The molecule has 0 radical (unpaired) electrons. The zero-order chi connectivity index (χ0) is 10.6. The molecule has 1 saturated heterocycles. The molecule has 0 aromatic rings. The highest BCUT2D eigenvalue weighted by Gasteiger charge is 2.18. The van der Waals surface area contributed by atoms with Crippen LogP contribution < -0.4 is 0 Å². The summed E-state index contributed by atoms with van der Waals surface area (Å²) in [7, 11) is 4.22. The van der Waals surface area contributed by atoms with Gasteiger partial charge in [0.2, 0.25) is 0 Å². The highest BCUT2D eigenvalue weighted by atomic mass is 16.1. The Kier molecular flexibility index (Phi) is 4.55. The van der Waals surface area contributed by atoms with E-state index in [4.69, 9.17) is 0 Å². The highest BCUT2D eigenvalue weighted by molar-refractivity contribution is 5.77. The Bertz CT molecular complexity index is 186. The number of nitrogens with zero attached hydrogens (tertiary/aromatic N) is 2. The van der Waals surface area contributed by atoms with Crippen LogP contribution in [0.3, 0.4) is 0 Å². The van der Waals surface area contributed by atoms with Gasteiger partial charge in [-0.25, -0.2) is 0 Å². The van der Waals surface area contributed by atoms with E-state index in [1.165, 1.54) is 25.9 Å². The third-order valence-electron chi connectivity index (χ3n) is 2.90. The van der Waals surface area contributed by atoms with Crippen molar-refractivity contribution in [2.75, 3.05) is 40.3 Å². The molecule has 0 aromatic carbocycles. The van der Waals surface area contributed by atoms with Crippen molar-refractivity contribution >= 4 is 5.78 Å². The van der Waals surface area contributed by atoms with Gasteiger partial charge >= 0.3 is 0 Å². The molecule has 1 aliphatic rings. The zero-order valence-corrected chi connectivity index (χ0v) is 9.62. The van der Waals surface area contributed by atoms with E-state index in [9.17, 15) is 4.79 Å². The molecule has 0 N–H and O–H groups in total. The van der Waals surface area contributed by atoms with Crippen LogP contribution in [0.25, 0.3) is 0 Å². The molecule has 0 amide bonds. The Morgan fingerprint density at radius 1 is 1.43 bits per heavy atom. The summed E-state index contributed by atoms with van der Waals surface area (Å²) in [6.07, 6.45) is 2.55. The molecule has 0 aromatic heterocycles. The Balaban J connectivity index is 2.20. The standard InChI is InChI=1S/C11H22N2O/c1-10(14)8-13(3)9-11-4-6-12(2)7-5-11/h11H,4-9H2,1-3H3. The average molecular weight is 198 g/mol. The fraction of sp³-hybridized carbons (Fsp3) is 0.909. The number of ketones is 1. The molecule has 1 fully saturated rings. The molecule has 1 rings (SSSR count). The summed E-state index contributed by atoms with van der Waals surface area (Å²) in [6, 6.07) is 0. The maximum absolute atomic E-state index is 10.9. The molecule has 14 heavy (non-hydrogen) atoms. The fourth-order valence-electron chi connectivity index (χ4n) is 2.13. The molecule has 0 saturated carbocycles. The lowest BCUT2D eigenvalue weighted by atomic mass is 9.97. The van der Waals surface area contributed by atoms with Crippen molar-refractivity contribution in [1.82, 2.24) is 9.80 Å². The molecule has 3 heteroatoms. The molecule has 0 bridgehead atoms. The molecule has 0 unspecified atom stereocenters. The lowest BCUT2D eigenvalue weighted by Gasteiger charge is -2.31. The van der Waals surface area contributed by atoms with Crippen LogP contribution in [0, 0.1) is 5.92 Å². The maximum atomic E-state index is 10.9. The van der Waals surface area contributed by atoms with E-state index in [1.807, 2.05) is 7.05 Å². The minimum Gasteiger partial charge on any atom is -0.306 e. The largest absolute Gasteiger partial charge is 0.306 e. The van der Waals surface area contributed by atoms with E-state index in [1.54, 1.807) is 6.92 Å². The number of likely N-dealkylation sites (N-methyl/N-ethyl adjacent to an activating group) is 1. The van der Waals surface area contributed by atoms with Gasteiger partial charge < -0.3 is 4.90 Å². The number of carbonyl (C=O) groups excluding carboxylic acids is 1. The van der Waals surface area contributed by atoms with Crippen LogP contribution in [0.15, 0.2) is 0 Å². The molecule has 0 spiro atoms. The highest BCUT2D eigenvalue weighted by Crippen LogP contribution is 2.16. The third kappa shape index (κ3) is 4.20. The summed E-state index contributed by atoms with van der Waals surface area (Å²) in [6.45, 7) is 5.75. The molecule has 3 nitrogen and oxygen atoms in total. The predicted molar refractivity (Wildman–Crippen MR) is 58.4 cm³/mol. The zero-order valence-electron chi connectivity index (χ0n) is 9.62. The van der Waals surface area contributed by atoms with Gasteiger partial charge in [0, 0.05) is 6.54 Å². The van der Waals surface area contributed by atoms with Crippen LogP contribution in [-0.4, -0.2) is 55.9 Å². The van der Waals surface area contributed by atoms with Crippen LogP contribution in [0.2, 0.25) is 0 Å². The Morgan fingerprint density at radius 3 is 2.50 bits per heavy atom. The molecule has 1 aliphatic heterocycles. The van der Waals surface area contributed by atoms with Crippen molar-refractivity contribution in [1.29, 1.82) is 0 Å². The van der Waals surface area contributed by atoms with Gasteiger partial charge in [-0.05, 0) is 52.9 Å². The quantitative estimate of drug-likeness (QED) is 0.669. The van der Waals surface area contributed by atoms with Crippen molar-refractivity contribution in [2.45, 2.75) is 19.8 Å². The SMILES string of the molecule is CC(=O)CN(C)CC1CCN(C)CC1. The van der Waals surface area contributed by atoms with Gasteiger partial charge in [-0.15, -0.1) is 0 Å². The Morgan fingerprint density at radius 2 is 2.00 bits per heavy atom. The smallest absolute Gasteiger partial charge is 0.143 e. The third-order valence-corrected chi connectivity index (χ3v) is 2.90. The van der Waals surface area contributed by atoms with Crippen molar-refractivity contribution in [3.63, 3.8) is 0 Å². The van der Waals surface area contributed by atoms with Gasteiger partial charge in [0.05, 0.1) is 6.54 Å². The number of piperidine rings is 1. The van der Waals surface area contributed by atoms with E-state index < -0.39 is 0 Å². The van der Waals surface area contributed by atoms with Gasteiger partial charge in [-0.2, -0.15) is 0 Å². The molecule has 0 atom stereocenters. The first-order chi connectivity index (χ1) is 6.58. The first-order valence-electron chi connectivity index (χ1n) is 5.44. The number of carbonyl (C=O) groups is 1. The van der Waals surface area contributed by atoms with E-state index in [0.717, 1.165) is 12.5 Å². The summed E-state index contributed by atoms with van der Waals surface area (Å²) in [4.78, 5) is 15.4. The number of hydrogen-bond acceptors (Lipinski definition) is 3. The van der Waals surface area contributed by atoms with Crippen LogP contribution in [0.4, 0.5) is 0 Å². The predicted octanol–water partition coefficient (Wildman–Crippen LogP) is 0.849. The number of Topliss-reactive ketones (excluding diaryl/α,β-unsaturated/α-hetero) is 1. The summed E-state index contributed by atoms with van der Waals surface area (Å²) >= 11 is 0. The van der Waals surface area contributed by atoms with Crippen molar-refractivity contribution in [2.24, 2.45) is 5.92 Å². The molecule has 1 heterocycles. The Hall–Kier alpha value is -0.410. The number of hydrogen-bond donors (Lipinski definition) is 0. The van der Waals surface area contributed by atoms with Crippen molar-refractivity contribution in [3.8, 4) is 0 Å². The van der Waals surface area contributed by atoms with E-state index >= 15 is 0 Å². The van der Waals surface area contributed by atoms with Gasteiger partial charge in [0.15, 0.2) is 0 Å². The lowest BCUT2D eigenvalue weighted by Crippen LogP contribution is -2.37. The monoisotopic (exact) mass is 198 g/mol. The van der Waals surface area contributed by atoms with Gasteiger partial charge in [0.1, 0.15) is 5.78 Å². The summed E-state index contributed by atoms with van der Waals surface area (Å²) in [5.41, 5.74) is 0. The molecular formula is C11H22N2O.